The van der Waals surface area contributed by atoms with Crippen LogP contribution in [0, 0.1) is 6.92 Å². The van der Waals surface area contributed by atoms with Gasteiger partial charge in [0.15, 0.2) is 5.13 Å². The smallest absolute Gasteiger partial charge is 0.258 e. The van der Waals surface area contributed by atoms with Crippen molar-refractivity contribution in [1.29, 1.82) is 0 Å². The van der Waals surface area contributed by atoms with Gasteiger partial charge >= 0.3 is 0 Å². The molecule has 0 spiro atoms. The SMILES string of the molecule is Cc1ccc(N(C)C(=O)c2ccc3nc(N)sc3c2)cc1. The number of nitrogen functional groups attached to an aromatic ring is 1. The zero-order valence-electron chi connectivity index (χ0n) is 11.8. The van der Waals surface area contributed by atoms with Gasteiger partial charge in [0.1, 0.15) is 0 Å². The Morgan fingerprint density at radius 1 is 1.19 bits per heavy atom. The molecule has 106 valence electrons. The van der Waals surface area contributed by atoms with Crippen LogP contribution in [0.2, 0.25) is 0 Å². The molecule has 21 heavy (non-hydrogen) atoms. The summed E-state index contributed by atoms with van der Waals surface area (Å²) in [6.07, 6.45) is 0. The van der Waals surface area contributed by atoms with E-state index >= 15 is 0 Å². The molecule has 0 aliphatic rings. The zero-order chi connectivity index (χ0) is 15.0. The number of amides is 1. The van der Waals surface area contributed by atoms with Gasteiger partial charge in [0.05, 0.1) is 10.2 Å². The van der Waals surface area contributed by atoms with Crippen molar-refractivity contribution in [1.82, 2.24) is 4.98 Å². The molecule has 1 aromatic heterocycles. The highest BCUT2D eigenvalue weighted by atomic mass is 32.1. The molecule has 0 saturated carbocycles. The fourth-order valence-electron chi connectivity index (χ4n) is 2.15. The van der Waals surface area contributed by atoms with Crippen LogP contribution in [0.15, 0.2) is 42.5 Å². The van der Waals surface area contributed by atoms with E-state index in [0.717, 1.165) is 15.9 Å². The number of carbonyl (C=O) groups excluding carboxylic acids is 1. The predicted molar refractivity (Wildman–Crippen MR) is 87.9 cm³/mol. The van der Waals surface area contributed by atoms with Gasteiger partial charge in [0, 0.05) is 18.3 Å². The van der Waals surface area contributed by atoms with E-state index in [1.54, 1.807) is 18.0 Å². The number of aryl methyl sites for hydroxylation is 1. The molecule has 0 aliphatic carbocycles. The van der Waals surface area contributed by atoms with Crippen LogP contribution in [0.3, 0.4) is 0 Å². The Labute approximate surface area is 126 Å². The van der Waals surface area contributed by atoms with E-state index in [1.807, 2.05) is 43.3 Å². The third-order valence-electron chi connectivity index (χ3n) is 3.38. The number of aromatic nitrogens is 1. The van der Waals surface area contributed by atoms with Gasteiger partial charge in [0.25, 0.3) is 5.91 Å². The lowest BCUT2D eigenvalue weighted by Crippen LogP contribution is -2.26. The van der Waals surface area contributed by atoms with E-state index in [1.165, 1.54) is 16.9 Å². The van der Waals surface area contributed by atoms with E-state index in [-0.39, 0.29) is 5.91 Å². The molecule has 3 rings (SSSR count). The van der Waals surface area contributed by atoms with E-state index in [0.29, 0.717) is 10.7 Å². The monoisotopic (exact) mass is 297 g/mol. The van der Waals surface area contributed by atoms with Gasteiger partial charge in [-0.15, -0.1) is 0 Å². The fraction of sp³-hybridized carbons (Fsp3) is 0.125. The van der Waals surface area contributed by atoms with Crippen molar-refractivity contribution in [2.24, 2.45) is 0 Å². The van der Waals surface area contributed by atoms with Crippen molar-refractivity contribution >= 4 is 38.3 Å². The maximum atomic E-state index is 12.6. The maximum absolute atomic E-state index is 12.6. The van der Waals surface area contributed by atoms with Crippen molar-refractivity contribution < 1.29 is 4.79 Å². The third kappa shape index (κ3) is 2.60. The molecule has 0 bridgehead atoms. The summed E-state index contributed by atoms with van der Waals surface area (Å²) in [7, 11) is 1.78. The molecule has 0 aliphatic heterocycles. The van der Waals surface area contributed by atoms with Crippen molar-refractivity contribution in [3.63, 3.8) is 0 Å². The number of nitrogens with two attached hydrogens (primary N) is 1. The number of benzene rings is 2. The first-order valence-electron chi connectivity index (χ1n) is 6.55. The van der Waals surface area contributed by atoms with Crippen molar-refractivity contribution in [2.75, 3.05) is 17.7 Å². The molecule has 1 heterocycles. The second-order valence-corrected chi connectivity index (χ2v) is 6.00. The van der Waals surface area contributed by atoms with Crippen LogP contribution in [0.4, 0.5) is 10.8 Å². The molecule has 0 fully saturated rings. The van der Waals surface area contributed by atoms with E-state index in [2.05, 4.69) is 4.98 Å². The fourth-order valence-corrected chi connectivity index (χ4v) is 2.93. The Morgan fingerprint density at radius 3 is 2.62 bits per heavy atom. The molecule has 3 aromatic rings. The highest BCUT2D eigenvalue weighted by molar-refractivity contribution is 7.22. The number of nitrogens with zero attached hydrogens (tertiary/aromatic N) is 2. The van der Waals surface area contributed by atoms with Gasteiger partial charge in [-0.05, 0) is 37.3 Å². The van der Waals surface area contributed by atoms with Crippen molar-refractivity contribution in [3.05, 3.63) is 53.6 Å². The third-order valence-corrected chi connectivity index (χ3v) is 4.23. The first-order valence-corrected chi connectivity index (χ1v) is 7.37. The number of hydrogen-bond donors (Lipinski definition) is 1. The summed E-state index contributed by atoms with van der Waals surface area (Å²) in [6.45, 7) is 2.02. The Kier molecular flexibility index (Phi) is 3.35. The molecule has 2 aromatic carbocycles. The van der Waals surface area contributed by atoms with Crippen molar-refractivity contribution in [3.8, 4) is 0 Å². The molecule has 5 heteroatoms. The van der Waals surface area contributed by atoms with Crippen LogP contribution in [-0.4, -0.2) is 17.9 Å². The van der Waals surface area contributed by atoms with Crippen LogP contribution < -0.4 is 10.6 Å². The normalized spacial score (nSPS) is 10.8. The summed E-state index contributed by atoms with van der Waals surface area (Å²) < 4.78 is 0.927. The molecule has 0 atom stereocenters. The van der Waals surface area contributed by atoms with Gasteiger partial charge < -0.3 is 10.6 Å². The van der Waals surface area contributed by atoms with Crippen molar-refractivity contribution in [2.45, 2.75) is 6.92 Å². The zero-order valence-corrected chi connectivity index (χ0v) is 12.6. The minimum atomic E-state index is -0.0484. The van der Waals surface area contributed by atoms with E-state index < -0.39 is 0 Å². The number of rotatable bonds is 2. The minimum absolute atomic E-state index is 0.0484. The molecular formula is C16H15N3OS. The van der Waals surface area contributed by atoms with E-state index in [4.69, 9.17) is 5.73 Å². The lowest BCUT2D eigenvalue weighted by molar-refractivity contribution is 0.0993. The Hall–Kier alpha value is -2.40. The van der Waals surface area contributed by atoms with Gasteiger partial charge in [0.2, 0.25) is 0 Å². The highest BCUT2D eigenvalue weighted by Gasteiger charge is 2.14. The summed E-state index contributed by atoms with van der Waals surface area (Å²) >= 11 is 1.39. The highest BCUT2D eigenvalue weighted by Crippen LogP contribution is 2.25. The minimum Gasteiger partial charge on any atom is -0.375 e. The topological polar surface area (TPSA) is 59.2 Å². The second-order valence-electron chi connectivity index (χ2n) is 4.93. The standard InChI is InChI=1S/C16H15N3OS/c1-10-3-6-12(7-4-10)19(2)15(20)11-5-8-13-14(9-11)21-16(17)18-13/h3-9H,1-2H3,(H2,17,18). The molecule has 4 nitrogen and oxygen atoms in total. The molecular weight excluding hydrogens is 282 g/mol. The van der Waals surface area contributed by atoms with Gasteiger partial charge in [-0.1, -0.05) is 29.0 Å². The quantitative estimate of drug-likeness (QED) is 0.788. The lowest BCUT2D eigenvalue weighted by Gasteiger charge is -2.17. The number of anilines is 2. The summed E-state index contributed by atoms with van der Waals surface area (Å²) in [5, 5.41) is 0.515. The average molecular weight is 297 g/mol. The maximum Gasteiger partial charge on any atom is 0.258 e. The summed E-state index contributed by atoms with van der Waals surface area (Å²) in [4.78, 5) is 18.4. The largest absolute Gasteiger partial charge is 0.375 e. The molecule has 1 amide bonds. The van der Waals surface area contributed by atoms with Crippen LogP contribution in [0.5, 0.6) is 0 Å². The Bertz CT molecular complexity index is 808. The van der Waals surface area contributed by atoms with E-state index in [9.17, 15) is 4.79 Å². The number of carbonyl (C=O) groups is 1. The Balaban J connectivity index is 1.93. The lowest BCUT2D eigenvalue weighted by atomic mass is 10.1. The molecule has 0 radical (unpaired) electrons. The molecule has 2 N–H and O–H groups in total. The molecule has 0 saturated heterocycles. The summed E-state index contributed by atoms with van der Waals surface area (Å²) in [5.74, 6) is -0.0484. The van der Waals surface area contributed by atoms with Gasteiger partial charge in [-0.3, -0.25) is 4.79 Å². The first kappa shape index (κ1) is 13.6. The number of hydrogen-bond acceptors (Lipinski definition) is 4. The first-order chi connectivity index (χ1) is 10.0. The van der Waals surface area contributed by atoms with Gasteiger partial charge in [-0.2, -0.15) is 0 Å². The van der Waals surface area contributed by atoms with Gasteiger partial charge in [-0.25, -0.2) is 4.98 Å². The second kappa shape index (κ2) is 5.18. The predicted octanol–water partition coefficient (Wildman–Crippen LogP) is 3.46. The average Bonchev–Trinajstić information content (AvgIpc) is 2.85. The van der Waals surface area contributed by atoms with Crippen LogP contribution in [0.1, 0.15) is 15.9 Å². The summed E-state index contributed by atoms with van der Waals surface area (Å²) in [6, 6.07) is 13.3. The number of thiazole rings is 1. The number of fused-ring (bicyclic) bond motifs is 1. The Morgan fingerprint density at radius 2 is 1.90 bits per heavy atom. The van der Waals surface area contributed by atoms with Crippen LogP contribution in [0.25, 0.3) is 10.2 Å². The van der Waals surface area contributed by atoms with Crippen LogP contribution in [-0.2, 0) is 0 Å². The van der Waals surface area contributed by atoms with Crippen LogP contribution >= 0.6 is 11.3 Å². The summed E-state index contributed by atoms with van der Waals surface area (Å²) in [5.41, 5.74) is 9.19. The molecule has 0 unspecified atom stereocenters.